The highest BCUT2D eigenvalue weighted by Gasteiger charge is 2.29. The van der Waals surface area contributed by atoms with E-state index < -0.39 is 0 Å². The first kappa shape index (κ1) is 68.9. The molecule has 4 heterocycles. The van der Waals surface area contributed by atoms with Crippen LogP contribution >= 0.6 is 58.8 Å². The normalized spacial score (nSPS) is 14.8. The van der Waals surface area contributed by atoms with Crippen molar-refractivity contribution in [2.75, 3.05) is 156 Å². The van der Waals surface area contributed by atoms with Crippen molar-refractivity contribution in [2.24, 2.45) is 0 Å². The highest BCUT2D eigenvalue weighted by molar-refractivity contribution is 6.35. The summed E-state index contributed by atoms with van der Waals surface area (Å²) in [5.74, 6) is 1.88. The molecule has 0 saturated heterocycles. The first-order valence-corrected chi connectivity index (χ1v) is 30.9. The quantitative estimate of drug-likeness (QED) is 0.0206. The van der Waals surface area contributed by atoms with E-state index in [1.54, 1.807) is 0 Å². The molecule has 0 unspecified atom stereocenters. The molecule has 0 radical (unpaired) electrons. The fourth-order valence-corrected chi connectivity index (χ4v) is 11.4. The van der Waals surface area contributed by atoms with Gasteiger partial charge in [0.2, 0.25) is 0 Å². The largest absolute Gasteiger partial charge is 0.377 e. The number of nitrogens with zero attached hydrogens (tertiary/aromatic N) is 4. The molecule has 0 aliphatic carbocycles. The van der Waals surface area contributed by atoms with Crippen molar-refractivity contribution < 1.29 is 38.0 Å². The molecule has 0 bridgehead atoms. The van der Waals surface area contributed by atoms with Crippen LogP contribution < -0.4 is 31.9 Å². The number of halogens is 5. The third kappa shape index (κ3) is 22.8. The van der Waals surface area contributed by atoms with E-state index in [1.807, 2.05) is 36.7 Å². The number of nitrogens with one attached hydrogen (secondary N) is 6. The van der Waals surface area contributed by atoms with Gasteiger partial charge in [0, 0.05) is 121 Å². The number of pyridine rings is 2. The zero-order chi connectivity index (χ0) is 60.3. The van der Waals surface area contributed by atoms with Gasteiger partial charge in [-0.15, -0.1) is 12.4 Å². The van der Waals surface area contributed by atoms with E-state index in [9.17, 15) is 9.59 Å². The van der Waals surface area contributed by atoms with Crippen LogP contribution in [0.5, 0.6) is 0 Å². The molecule has 2 aliphatic heterocycles. The molecule has 4 aromatic carbocycles. The van der Waals surface area contributed by atoms with E-state index in [0.717, 1.165) is 71.2 Å². The maximum atomic E-state index is 12.1. The van der Waals surface area contributed by atoms with Crippen molar-refractivity contribution in [2.45, 2.75) is 37.8 Å². The van der Waals surface area contributed by atoms with E-state index in [0.29, 0.717) is 151 Å². The van der Waals surface area contributed by atoms with Gasteiger partial charge in [-0.25, -0.2) is 19.6 Å². The molecule has 0 spiro atoms. The van der Waals surface area contributed by atoms with Gasteiger partial charge in [-0.2, -0.15) is 0 Å². The number of unbranched alkanes of at least 4 members (excludes halogenated alkanes) is 1. The summed E-state index contributed by atoms with van der Waals surface area (Å²) >= 11 is 26.1. The molecule has 2 aliphatic rings. The van der Waals surface area contributed by atoms with Crippen molar-refractivity contribution in [1.29, 1.82) is 0 Å². The Morgan fingerprint density at radius 1 is 0.460 bits per heavy atom. The van der Waals surface area contributed by atoms with E-state index in [4.69, 9.17) is 74.8 Å². The first-order valence-electron chi connectivity index (χ1n) is 29.4. The maximum absolute atomic E-state index is 12.1. The van der Waals surface area contributed by atoms with Crippen LogP contribution in [0.4, 0.5) is 21.2 Å². The number of hydrogen-bond acceptors (Lipinski definition) is 14. The van der Waals surface area contributed by atoms with E-state index >= 15 is 0 Å². The lowest BCUT2D eigenvalue weighted by molar-refractivity contribution is 0.0172. The molecule has 0 saturated carbocycles. The zero-order valence-corrected chi connectivity index (χ0v) is 53.3. The molecule has 18 nitrogen and oxygen atoms in total. The van der Waals surface area contributed by atoms with Crippen LogP contribution in [0.1, 0.15) is 58.1 Å². The van der Waals surface area contributed by atoms with Gasteiger partial charge < -0.3 is 70.1 Å². The molecule has 87 heavy (non-hydrogen) atoms. The summed E-state index contributed by atoms with van der Waals surface area (Å²) in [7, 11) is 4.23. The van der Waals surface area contributed by atoms with Gasteiger partial charge in [0.15, 0.2) is 0 Å². The van der Waals surface area contributed by atoms with Crippen molar-refractivity contribution in [1.82, 2.24) is 41.0 Å². The Morgan fingerprint density at radius 3 is 1.21 bits per heavy atom. The van der Waals surface area contributed by atoms with Crippen molar-refractivity contribution >= 4 is 82.5 Å². The molecule has 2 atom stereocenters. The third-order valence-electron chi connectivity index (χ3n) is 14.6. The van der Waals surface area contributed by atoms with Gasteiger partial charge in [-0.1, -0.05) is 94.9 Å². The van der Waals surface area contributed by atoms with Crippen LogP contribution in [0.15, 0.2) is 109 Å². The smallest absolute Gasteiger partial charge is 0.314 e. The van der Waals surface area contributed by atoms with E-state index in [1.165, 1.54) is 22.3 Å². The van der Waals surface area contributed by atoms with Crippen LogP contribution in [-0.4, -0.2) is 178 Å². The maximum Gasteiger partial charge on any atom is 0.314 e. The lowest BCUT2D eigenvalue weighted by atomic mass is 9.84. The fraction of sp³-hybridized carbons (Fsp3) is 0.438. The molecule has 23 heteroatoms. The fourth-order valence-electron chi connectivity index (χ4n) is 10.3. The van der Waals surface area contributed by atoms with Crippen LogP contribution in [0.25, 0.3) is 22.3 Å². The van der Waals surface area contributed by atoms with Crippen molar-refractivity contribution in [3.8, 4) is 22.3 Å². The second-order valence-electron chi connectivity index (χ2n) is 21.1. The summed E-state index contributed by atoms with van der Waals surface area (Å²) in [4.78, 5) is 38.1. The monoisotopic (exact) mass is 1290 g/mol. The molecule has 0 fully saturated rings. The molecule has 6 aromatic rings. The lowest BCUT2D eigenvalue weighted by Gasteiger charge is -2.33. The van der Waals surface area contributed by atoms with Gasteiger partial charge in [-0.3, -0.25) is 0 Å². The number of fused-ring (bicyclic) bond motifs is 2. The third-order valence-corrected chi connectivity index (χ3v) is 15.7. The lowest BCUT2D eigenvalue weighted by Crippen LogP contribution is -2.39. The predicted molar refractivity (Wildman–Crippen MR) is 350 cm³/mol. The molecular formula is C64H81Cl5N10O8. The number of carbonyl (C=O) groups is 2. The van der Waals surface area contributed by atoms with Crippen LogP contribution in [-0.2, 0) is 41.5 Å². The molecule has 4 amide bonds. The topological polar surface area (TPSA) is 194 Å². The second kappa shape index (κ2) is 37.4. The number of anilines is 2. The summed E-state index contributed by atoms with van der Waals surface area (Å²) in [6, 6.07) is 32.5. The average Bonchev–Trinajstić information content (AvgIpc) is 1.52. The Morgan fingerprint density at radius 2 is 0.828 bits per heavy atom. The number of amides is 4. The van der Waals surface area contributed by atoms with Gasteiger partial charge in [-0.05, 0) is 120 Å². The molecule has 470 valence electrons. The first-order chi connectivity index (χ1) is 42.0. The second-order valence-corrected chi connectivity index (χ2v) is 22.8. The van der Waals surface area contributed by atoms with Gasteiger partial charge in [0.1, 0.15) is 11.6 Å². The van der Waals surface area contributed by atoms with Crippen molar-refractivity contribution in [3.05, 3.63) is 163 Å². The molecule has 8 rings (SSSR count). The minimum Gasteiger partial charge on any atom is -0.377 e. The van der Waals surface area contributed by atoms with Gasteiger partial charge in [0.05, 0.1) is 79.3 Å². The average molecular weight is 1300 g/mol. The van der Waals surface area contributed by atoms with Crippen LogP contribution in [0, 0.1) is 0 Å². The summed E-state index contributed by atoms with van der Waals surface area (Å²) in [5.41, 5.74) is 11.3. The van der Waals surface area contributed by atoms with Crippen molar-refractivity contribution in [3.63, 3.8) is 0 Å². The predicted octanol–water partition coefficient (Wildman–Crippen LogP) is 11.0. The SMILES string of the molecule is CN1Cc2c(Cl)cc(Cl)cc2[C@H](c2cccc(-c3ccc(NCCOCCOCCOCCNC(=O)NCCCCNC(=O)NCCOCCOCCOCCNc4ccc(-c5cccc([C@@H]6CN(C)Cc7c(Cl)cc(Cl)cc76)c5)cn4)nc3)c2)C1.Cl. The number of ether oxygens (including phenoxy) is 6. The highest BCUT2D eigenvalue weighted by atomic mass is 35.5. The van der Waals surface area contributed by atoms with Gasteiger partial charge in [0.25, 0.3) is 0 Å². The Hall–Kier alpha value is -5.55. The number of aromatic nitrogens is 2. The molecule has 6 N–H and O–H groups in total. The standard InChI is InChI=1S/C64H80Cl4N10O8.ClH/c1-77-41-55(53-35-51(65)37-59(67)57(53)43-77)47-9-5-7-45(33-47)49-11-13-61(75-39-49)69-17-21-81-25-29-85-31-27-83-23-19-73-63(79)71-15-3-4-16-72-64(80)74-20-24-84-28-32-86-30-26-82-22-18-70-62-14-12-50(40-76-62)46-8-6-10-48(34-46)56-42-78(2)44-58-54(56)36-52(66)38-60(58)68;/h5-14,33-40,55-56H,3-4,15-32,41-44H2,1-2H3,(H,69,75)(H,70,76)(H2,71,73,79)(H2,72,74,80);1H/t55-,56-;/m0./s1. The number of rotatable bonds is 35. The number of urea groups is 2. The molecule has 2 aromatic heterocycles. The Balaban J connectivity index is 0.0000108. The Bertz CT molecular complexity index is 2860. The van der Waals surface area contributed by atoms with Crippen LogP contribution in [0.3, 0.4) is 0 Å². The summed E-state index contributed by atoms with van der Waals surface area (Å²) in [6.07, 6.45) is 5.20. The minimum atomic E-state index is -0.267. The highest BCUT2D eigenvalue weighted by Crippen LogP contribution is 2.41. The number of carbonyl (C=O) groups excluding carboxylic acids is 2. The number of likely N-dealkylation sites (N-methyl/N-ethyl adjacent to an activating group) is 2. The van der Waals surface area contributed by atoms with Gasteiger partial charge >= 0.3 is 12.1 Å². The minimum absolute atomic E-state index is 0. The Labute approximate surface area is 537 Å². The number of hydrogen-bond donors (Lipinski definition) is 6. The summed E-state index contributed by atoms with van der Waals surface area (Å²) < 4.78 is 33.7. The Kier molecular flexibility index (Phi) is 29.7. The van der Waals surface area contributed by atoms with E-state index in [2.05, 4.69) is 139 Å². The number of benzene rings is 4. The van der Waals surface area contributed by atoms with E-state index in [-0.39, 0.29) is 36.3 Å². The van der Waals surface area contributed by atoms with Crippen LogP contribution in [0.2, 0.25) is 20.1 Å². The zero-order valence-electron chi connectivity index (χ0n) is 49.5. The summed E-state index contributed by atoms with van der Waals surface area (Å²) in [6.45, 7) is 11.5. The molecular weight excluding hydrogens is 1210 g/mol. The summed E-state index contributed by atoms with van der Waals surface area (Å²) in [5, 5.41) is 20.5.